The Bertz CT molecular complexity index is 177. The maximum absolute atomic E-state index is 5.23. The molecule has 0 fully saturated rings. The smallest absolute Gasteiger partial charge is 0.0974 e. The van der Waals surface area contributed by atoms with Gasteiger partial charge in [0.25, 0.3) is 0 Å². The molecule has 48 valence electrons. The second-order valence-electron chi connectivity index (χ2n) is 1.69. The van der Waals surface area contributed by atoms with E-state index in [9.17, 15) is 0 Å². The van der Waals surface area contributed by atoms with Gasteiger partial charge in [0.1, 0.15) is 0 Å². The Morgan fingerprint density at radius 2 is 2.56 bits per heavy atom. The molecule has 1 aromatic heterocycles. The molecule has 0 aromatic carbocycles. The number of nitrogens with two attached hydrogens (primary N) is 1. The van der Waals surface area contributed by atoms with Crippen molar-refractivity contribution >= 4 is 6.08 Å². The zero-order valence-corrected chi connectivity index (χ0v) is 5.08. The van der Waals surface area contributed by atoms with Crippen LogP contribution in [0.3, 0.4) is 0 Å². The monoisotopic (exact) mass is 123 g/mol. The fourth-order valence-corrected chi connectivity index (χ4v) is 0.574. The van der Waals surface area contributed by atoms with Crippen molar-refractivity contribution in [3.8, 4) is 0 Å². The van der Waals surface area contributed by atoms with Gasteiger partial charge in [0.05, 0.1) is 12.5 Å². The Morgan fingerprint density at radius 1 is 1.67 bits per heavy atom. The van der Waals surface area contributed by atoms with Crippen LogP contribution in [0.25, 0.3) is 6.08 Å². The summed E-state index contributed by atoms with van der Waals surface area (Å²) in [5.74, 6) is 0. The molecule has 0 radical (unpaired) electrons. The van der Waals surface area contributed by atoms with Crippen molar-refractivity contribution in [2.24, 2.45) is 5.73 Å². The average Bonchev–Trinajstić information content (AvgIpc) is 2.34. The van der Waals surface area contributed by atoms with E-state index in [0.717, 1.165) is 5.56 Å². The highest BCUT2D eigenvalue weighted by Gasteiger charge is 1.82. The lowest BCUT2D eigenvalue weighted by Gasteiger charge is -1.78. The summed E-state index contributed by atoms with van der Waals surface area (Å²) in [5.41, 5.74) is 6.28. The zero-order chi connectivity index (χ0) is 6.53. The summed E-state index contributed by atoms with van der Waals surface area (Å²) >= 11 is 0. The lowest BCUT2D eigenvalue weighted by molar-refractivity contribution is 0.567. The second-order valence-corrected chi connectivity index (χ2v) is 1.69. The van der Waals surface area contributed by atoms with Gasteiger partial charge in [-0.15, -0.1) is 0 Å². The molecule has 0 saturated heterocycles. The van der Waals surface area contributed by atoms with Crippen LogP contribution in [0.4, 0.5) is 0 Å². The van der Waals surface area contributed by atoms with Crippen molar-refractivity contribution in [2.45, 2.75) is 0 Å². The highest BCUT2D eigenvalue weighted by molar-refractivity contribution is 5.46. The summed E-state index contributed by atoms with van der Waals surface area (Å²) in [5, 5.41) is 0. The quantitative estimate of drug-likeness (QED) is 0.642. The molecule has 0 aliphatic heterocycles. The third-order valence-electron chi connectivity index (χ3n) is 0.990. The van der Waals surface area contributed by atoms with Crippen LogP contribution in [-0.2, 0) is 0 Å². The van der Waals surface area contributed by atoms with Crippen LogP contribution >= 0.6 is 0 Å². The first-order chi connectivity index (χ1) is 4.43. The van der Waals surface area contributed by atoms with Gasteiger partial charge in [-0.25, -0.2) is 0 Å². The molecule has 0 atom stereocenters. The highest BCUT2D eigenvalue weighted by atomic mass is 16.3. The van der Waals surface area contributed by atoms with E-state index in [1.54, 1.807) is 12.5 Å². The van der Waals surface area contributed by atoms with E-state index in [1.165, 1.54) is 0 Å². The molecular formula is C7H9NO. The number of furan rings is 1. The second kappa shape index (κ2) is 3.10. The van der Waals surface area contributed by atoms with Crippen molar-refractivity contribution in [3.63, 3.8) is 0 Å². The van der Waals surface area contributed by atoms with Crippen LogP contribution in [0.15, 0.2) is 29.1 Å². The minimum Gasteiger partial charge on any atom is -0.472 e. The molecule has 0 bridgehead atoms. The van der Waals surface area contributed by atoms with Gasteiger partial charge in [-0.05, 0) is 6.07 Å². The summed E-state index contributed by atoms with van der Waals surface area (Å²) < 4.78 is 4.82. The van der Waals surface area contributed by atoms with Gasteiger partial charge < -0.3 is 10.2 Å². The van der Waals surface area contributed by atoms with Crippen LogP contribution in [0.5, 0.6) is 0 Å². The summed E-state index contributed by atoms with van der Waals surface area (Å²) in [6, 6.07) is 1.88. The van der Waals surface area contributed by atoms with E-state index in [2.05, 4.69) is 0 Å². The minimum atomic E-state index is 0.575. The molecule has 1 rings (SSSR count). The predicted octanol–water partition coefficient (Wildman–Crippen LogP) is 1.25. The van der Waals surface area contributed by atoms with E-state index >= 15 is 0 Å². The van der Waals surface area contributed by atoms with Crippen LogP contribution in [0, 0.1) is 0 Å². The molecule has 0 aliphatic rings. The lowest BCUT2D eigenvalue weighted by Crippen LogP contribution is -1.91. The molecule has 0 saturated carbocycles. The third-order valence-corrected chi connectivity index (χ3v) is 0.990. The number of hydrogen-bond donors (Lipinski definition) is 1. The third kappa shape index (κ3) is 1.74. The van der Waals surface area contributed by atoms with Crippen molar-refractivity contribution in [1.29, 1.82) is 0 Å². The Kier molecular flexibility index (Phi) is 2.10. The molecule has 0 amide bonds. The van der Waals surface area contributed by atoms with Gasteiger partial charge in [0, 0.05) is 12.1 Å². The fourth-order valence-electron chi connectivity index (χ4n) is 0.574. The lowest BCUT2D eigenvalue weighted by atomic mass is 10.3. The first-order valence-corrected chi connectivity index (χ1v) is 2.82. The van der Waals surface area contributed by atoms with E-state index in [1.807, 2.05) is 18.2 Å². The average molecular weight is 123 g/mol. The van der Waals surface area contributed by atoms with Gasteiger partial charge in [0.15, 0.2) is 0 Å². The Labute approximate surface area is 54.0 Å². The van der Waals surface area contributed by atoms with Crippen LogP contribution in [0.2, 0.25) is 0 Å². The SMILES string of the molecule is NCC=Cc1ccoc1. The predicted molar refractivity (Wildman–Crippen MR) is 36.8 cm³/mol. The Morgan fingerprint density at radius 3 is 3.11 bits per heavy atom. The van der Waals surface area contributed by atoms with E-state index < -0.39 is 0 Å². The van der Waals surface area contributed by atoms with Gasteiger partial charge in [0.2, 0.25) is 0 Å². The standard InChI is InChI=1S/C7H9NO/c8-4-1-2-7-3-5-9-6-7/h1-3,5-6H,4,8H2. The van der Waals surface area contributed by atoms with Gasteiger partial charge in [-0.1, -0.05) is 12.2 Å². The molecule has 1 heterocycles. The molecule has 2 nitrogen and oxygen atoms in total. The highest BCUT2D eigenvalue weighted by Crippen LogP contribution is 2.00. The van der Waals surface area contributed by atoms with E-state index in [-0.39, 0.29) is 0 Å². The molecule has 0 spiro atoms. The molecule has 9 heavy (non-hydrogen) atoms. The normalized spacial score (nSPS) is 10.8. The maximum atomic E-state index is 5.23. The summed E-state index contributed by atoms with van der Waals surface area (Å²) in [7, 11) is 0. The molecule has 0 unspecified atom stereocenters. The van der Waals surface area contributed by atoms with Crippen LogP contribution in [0.1, 0.15) is 5.56 Å². The number of hydrogen-bond acceptors (Lipinski definition) is 2. The molecule has 1 aromatic rings. The molecular weight excluding hydrogens is 114 g/mol. The maximum Gasteiger partial charge on any atom is 0.0974 e. The van der Waals surface area contributed by atoms with Crippen molar-refractivity contribution in [2.75, 3.05) is 6.54 Å². The van der Waals surface area contributed by atoms with Crippen molar-refractivity contribution in [3.05, 3.63) is 30.2 Å². The van der Waals surface area contributed by atoms with Crippen molar-refractivity contribution in [1.82, 2.24) is 0 Å². The topological polar surface area (TPSA) is 39.2 Å². The first kappa shape index (κ1) is 6.11. The largest absolute Gasteiger partial charge is 0.472 e. The van der Waals surface area contributed by atoms with Gasteiger partial charge >= 0.3 is 0 Å². The molecule has 2 N–H and O–H groups in total. The van der Waals surface area contributed by atoms with Gasteiger partial charge in [-0.3, -0.25) is 0 Å². The van der Waals surface area contributed by atoms with Gasteiger partial charge in [-0.2, -0.15) is 0 Å². The zero-order valence-electron chi connectivity index (χ0n) is 5.08. The number of rotatable bonds is 2. The molecule has 2 heteroatoms. The minimum absolute atomic E-state index is 0.575. The van der Waals surface area contributed by atoms with Crippen LogP contribution < -0.4 is 5.73 Å². The Hall–Kier alpha value is -1.02. The Balaban J connectivity index is 2.57. The first-order valence-electron chi connectivity index (χ1n) is 2.82. The van der Waals surface area contributed by atoms with Crippen molar-refractivity contribution < 1.29 is 4.42 Å². The summed E-state index contributed by atoms with van der Waals surface area (Å²) in [6.07, 6.45) is 7.11. The van der Waals surface area contributed by atoms with E-state index in [4.69, 9.17) is 10.2 Å². The fraction of sp³-hybridized carbons (Fsp3) is 0.143. The van der Waals surface area contributed by atoms with E-state index in [0.29, 0.717) is 6.54 Å². The van der Waals surface area contributed by atoms with Crippen LogP contribution in [-0.4, -0.2) is 6.54 Å². The summed E-state index contributed by atoms with van der Waals surface area (Å²) in [4.78, 5) is 0. The summed E-state index contributed by atoms with van der Waals surface area (Å²) in [6.45, 7) is 0.575. The molecule has 0 aliphatic carbocycles.